The summed E-state index contributed by atoms with van der Waals surface area (Å²) in [6, 6.07) is 7.86. The molecule has 1 atom stereocenters. The maximum absolute atomic E-state index is 13.0. The van der Waals surface area contributed by atoms with Crippen molar-refractivity contribution in [2.24, 2.45) is 0 Å². The van der Waals surface area contributed by atoms with Gasteiger partial charge in [0, 0.05) is 17.1 Å². The quantitative estimate of drug-likeness (QED) is 0.364. The third-order valence-electron chi connectivity index (χ3n) is 3.98. The predicted octanol–water partition coefficient (Wildman–Crippen LogP) is 5.64. The molecule has 30 heavy (non-hydrogen) atoms. The van der Waals surface area contributed by atoms with Crippen LogP contribution in [-0.4, -0.2) is 28.7 Å². The highest BCUT2D eigenvalue weighted by Gasteiger charge is 2.26. The van der Waals surface area contributed by atoms with E-state index in [2.05, 4.69) is 10.6 Å². The van der Waals surface area contributed by atoms with Crippen molar-refractivity contribution in [1.29, 1.82) is 0 Å². The van der Waals surface area contributed by atoms with Gasteiger partial charge < -0.3 is 20.5 Å². The fourth-order valence-electron chi connectivity index (χ4n) is 2.58. The lowest BCUT2D eigenvalue weighted by Gasteiger charge is -2.24. The average Bonchev–Trinajstić information content (AvgIpc) is 2.60. The first kappa shape index (κ1) is 25.0. The van der Waals surface area contributed by atoms with Crippen molar-refractivity contribution in [3.8, 4) is 5.75 Å². The summed E-state index contributed by atoms with van der Waals surface area (Å²) in [4.78, 5) is 25.4. The topological polar surface area (TPSA) is 87.7 Å². The largest absolute Gasteiger partial charge is 0.506 e. The molecule has 0 aliphatic rings. The first-order valence-electron chi connectivity index (χ1n) is 9.09. The Morgan fingerprint density at radius 1 is 1.17 bits per heavy atom. The zero-order valence-electron chi connectivity index (χ0n) is 17.0. The van der Waals surface area contributed by atoms with Crippen LogP contribution in [0.1, 0.15) is 31.9 Å². The first-order valence-corrected chi connectivity index (χ1v) is 11.6. The second-order valence-electron chi connectivity index (χ2n) is 7.76. The molecule has 0 aliphatic carbocycles. The Kier molecular flexibility index (Phi) is 8.63. The Morgan fingerprint density at radius 3 is 2.33 bits per heavy atom. The molecule has 0 heterocycles. The van der Waals surface area contributed by atoms with E-state index < -0.39 is 23.6 Å². The zero-order chi connectivity index (χ0) is 22.6. The maximum Gasteiger partial charge on any atom is 0.408 e. The normalized spacial score (nSPS) is 12.2. The monoisotopic (exact) mass is 656 g/mol. The Hall–Kier alpha value is -1.27. The molecule has 0 fully saturated rings. The van der Waals surface area contributed by atoms with Crippen molar-refractivity contribution in [3.63, 3.8) is 0 Å². The van der Waals surface area contributed by atoms with Gasteiger partial charge in [-0.1, -0.05) is 17.7 Å². The molecule has 6 nitrogen and oxygen atoms in total. The number of halogens is 3. The van der Waals surface area contributed by atoms with Crippen LogP contribution in [0.4, 0.5) is 10.5 Å². The highest BCUT2D eigenvalue weighted by molar-refractivity contribution is 14.1. The summed E-state index contributed by atoms with van der Waals surface area (Å²) in [5, 5.41) is 16.0. The Balaban J connectivity index is 2.29. The number of aryl methyl sites for hydroxylation is 1. The number of benzene rings is 2. The van der Waals surface area contributed by atoms with E-state index in [9.17, 15) is 14.7 Å². The number of carbonyl (C=O) groups excluding carboxylic acids is 2. The highest BCUT2D eigenvalue weighted by Crippen LogP contribution is 2.28. The molecule has 0 aliphatic heterocycles. The van der Waals surface area contributed by atoms with Crippen LogP contribution in [0.2, 0.25) is 5.02 Å². The molecular weight excluding hydrogens is 634 g/mol. The number of alkyl carbamates (subject to hydrolysis) is 1. The molecule has 0 saturated carbocycles. The van der Waals surface area contributed by atoms with Crippen LogP contribution in [0, 0.1) is 14.1 Å². The lowest BCUT2D eigenvalue weighted by Crippen LogP contribution is -2.47. The smallest absolute Gasteiger partial charge is 0.408 e. The van der Waals surface area contributed by atoms with Crippen molar-refractivity contribution in [1.82, 2.24) is 5.32 Å². The van der Waals surface area contributed by atoms with E-state index in [0.717, 1.165) is 11.1 Å². The van der Waals surface area contributed by atoms with Crippen LogP contribution < -0.4 is 10.6 Å². The second-order valence-corrected chi connectivity index (χ2v) is 10.5. The van der Waals surface area contributed by atoms with Gasteiger partial charge in [-0.25, -0.2) is 4.79 Å². The summed E-state index contributed by atoms with van der Waals surface area (Å²) >= 11 is 10.1. The van der Waals surface area contributed by atoms with E-state index in [4.69, 9.17) is 16.3 Å². The summed E-state index contributed by atoms with van der Waals surface area (Å²) < 4.78 is 6.65. The van der Waals surface area contributed by atoms with Gasteiger partial charge in [-0.3, -0.25) is 4.79 Å². The molecule has 2 aromatic carbocycles. The minimum Gasteiger partial charge on any atom is -0.506 e. The first-order chi connectivity index (χ1) is 13.9. The Morgan fingerprint density at radius 2 is 1.77 bits per heavy atom. The van der Waals surface area contributed by atoms with Crippen molar-refractivity contribution in [3.05, 3.63) is 53.6 Å². The zero-order valence-corrected chi connectivity index (χ0v) is 22.0. The molecule has 0 aromatic heterocycles. The molecule has 0 saturated heterocycles. The van der Waals surface area contributed by atoms with E-state index in [0.29, 0.717) is 17.9 Å². The van der Waals surface area contributed by atoms with Gasteiger partial charge >= 0.3 is 6.09 Å². The number of phenolic OH excluding ortho intramolecular Hbond substituents is 1. The van der Waals surface area contributed by atoms with Crippen molar-refractivity contribution < 1.29 is 19.4 Å². The van der Waals surface area contributed by atoms with Gasteiger partial charge in [0.2, 0.25) is 5.91 Å². The SMILES string of the molecule is Cc1ccc(Cl)cc1NC(=O)[C@H](Cc1cc(I)c(O)c(I)c1)NC(=O)OC(C)(C)C. The van der Waals surface area contributed by atoms with Gasteiger partial charge in [0.25, 0.3) is 0 Å². The minimum atomic E-state index is -0.894. The Bertz CT molecular complexity index is 938. The van der Waals surface area contributed by atoms with Crippen LogP contribution in [0.15, 0.2) is 30.3 Å². The maximum atomic E-state index is 13.0. The van der Waals surface area contributed by atoms with Gasteiger partial charge in [-0.05, 0) is 108 Å². The predicted molar refractivity (Wildman–Crippen MR) is 135 cm³/mol. The number of carbonyl (C=O) groups is 2. The molecule has 0 radical (unpaired) electrons. The second kappa shape index (κ2) is 10.4. The van der Waals surface area contributed by atoms with E-state index >= 15 is 0 Å². The summed E-state index contributed by atoms with van der Waals surface area (Å²) in [6.45, 7) is 7.11. The number of rotatable bonds is 5. The van der Waals surface area contributed by atoms with Crippen LogP contribution in [0.25, 0.3) is 0 Å². The number of amides is 2. The van der Waals surface area contributed by atoms with Gasteiger partial charge in [0.1, 0.15) is 17.4 Å². The third kappa shape index (κ3) is 7.45. The third-order valence-corrected chi connectivity index (χ3v) is 5.86. The standard InChI is InChI=1S/C21H23ClI2N2O4/c1-11-5-6-13(22)10-16(11)25-19(28)17(26-20(29)30-21(2,3)4)9-12-7-14(23)18(27)15(24)8-12/h5-8,10,17,27H,9H2,1-4H3,(H,25,28)(H,26,29)/t17-/m0/s1. The number of nitrogens with one attached hydrogen (secondary N) is 2. The lowest BCUT2D eigenvalue weighted by molar-refractivity contribution is -0.118. The molecule has 0 spiro atoms. The number of hydrogen-bond acceptors (Lipinski definition) is 4. The summed E-state index contributed by atoms with van der Waals surface area (Å²) in [5.41, 5.74) is 1.51. The van der Waals surface area contributed by atoms with Crippen LogP contribution >= 0.6 is 56.8 Å². The van der Waals surface area contributed by atoms with E-state index in [1.165, 1.54) is 0 Å². The summed E-state index contributed by atoms with van der Waals surface area (Å²) in [6.07, 6.45) is -0.467. The number of anilines is 1. The fraction of sp³-hybridized carbons (Fsp3) is 0.333. The van der Waals surface area contributed by atoms with Crippen LogP contribution in [0.5, 0.6) is 5.75 Å². The highest BCUT2D eigenvalue weighted by atomic mass is 127. The molecule has 9 heteroatoms. The van der Waals surface area contributed by atoms with Gasteiger partial charge in [-0.15, -0.1) is 0 Å². The fourth-order valence-corrected chi connectivity index (χ4v) is 4.65. The van der Waals surface area contributed by atoms with E-state index in [-0.39, 0.29) is 12.2 Å². The van der Waals surface area contributed by atoms with Crippen LogP contribution in [-0.2, 0) is 16.0 Å². The number of phenols is 1. The molecule has 162 valence electrons. The van der Waals surface area contributed by atoms with Crippen molar-refractivity contribution in [2.75, 3.05) is 5.32 Å². The number of ether oxygens (including phenoxy) is 1. The number of aromatic hydroxyl groups is 1. The van der Waals surface area contributed by atoms with Crippen molar-refractivity contribution in [2.45, 2.75) is 45.8 Å². The van der Waals surface area contributed by atoms with Crippen LogP contribution in [0.3, 0.4) is 0 Å². The molecule has 3 N–H and O–H groups in total. The Labute approximate surface area is 208 Å². The minimum absolute atomic E-state index is 0.190. The molecule has 0 unspecified atom stereocenters. The molecule has 2 amide bonds. The molecule has 0 bridgehead atoms. The van der Waals surface area contributed by atoms with Gasteiger partial charge in [-0.2, -0.15) is 0 Å². The average molecular weight is 657 g/mol. The summed E-state index contributed by atoms with van der Waals surface area (Å²) in [7, 11) is 0. The summed E-state index contributed by atoms with van der Waals surface area (Å²) in [5.74, 6) is -0.208. The van der Waals surface area contributed by atoms with Gasteiger partial charge in [0.15, 0.2) is 0 Å². The lowest BCUT2D eigenvalue weighted by atomic mass is 10.0. The molecule has 2 aromatic rings. The molecule has 2 rings (SSSR count). The van der Waals surface area contributed by atoms with E-state index in [1.807, 2.05) is 52.1 Å². The van der Waals surface area contributed by atoms with E-state index in [1.54, 1.807) is 51.1 Å². The van der Waals surface area contributed by atoms with Gasteiger partial charge in [0.05, 0.1) is 7.14 Å². The number of hydrogen-bond donors (Lipinski definition) is 3. The molecular formula is C21H23ClI2N2O4. The van der Waals surface area contributed by atoms with Crippen molar-refractivity contribution >= 4 is 74.5 Å².